The van der Waals surface area contributed by atoms with E-state index in [1.807, 2.05) is 0 Å². The number of rotatable bonds is 5. The molecule has 1 atom stereocenters. The Kier molecular flexibility index (Phi) is 6.44. The highest BCUT2D eigenvalue weighted by molar-refractivity contribution is 5.42. The van der Waals surface area contributed by atoms with Crippen LogP contribution >= 0.6 is 0 Å². The van der Waals surface area contributed by atoms with Crippen LogP contribution in [0.15, 0.2) is 60.7 Å². The van der Waals surface area contributed by atoms with Crippen LogP contribution in [0.4, 0.5) is 5.69 Å². The van der Waals surface area contributed by atoms with Gasteiger partial charge in [0.2, 0.25) is 0 Å². The number of hydrogen-bond donors (Lipinski definition) is 0. The van der Waals surface area contributed by atoms with Crippen molar-refractivity contribution in [3.05, 3.63) is 66.2 Å². The molecule has 0 aliphatic rings. The van der Waals surface area contributed by atoms with E-state index in [2.05, 4.69) is 81.6 Å². The molecule has 0 N–H and O–H groups in total. The van der Waals surface area contributed by atoms with Crippen LogP contribution in [-0.2, 0) is 6.54 Å². The van der Waals surface area contributed by atoms with Crippen molar-refractivity contribution >= 4 is 5.69 Å². The molecule has 0 saturated carbocycles. The summed E-state index contributed by atoms with van der Waals surface area (Å²) >= 11 is 0. The molecule has 0 heterocycles. The maximum Gasteiger partial charge on any atom is 0.132 e. The zero-order valence-corrected chi connectivity index (χ0v) is 14.2. The molecular weight excluding hydrogens is 310 g/mol. The second kappa shape index (κ2) is 7.61. The lowest BCUT2D eigenvalue weighted by Crippen LogP contribution is -3.00. The summed E-state index contributed by atoms with van der Waals surface area (Å²) in [5, 5.41) is 0. The van der Waals surface area contributed by atoms with E-state index in [-0.39, 0.29) is 17.0 Å². The maximum atomic E-state index is 2.34. The van der Waals surface area contributed by atoms with Crippen LogP contribution in [0.1, 0.15) is 19.4 Å². The predicted molar refractivity (Wildman–Crippen MR) is 84.0 cm³/mol. The van der Waals surface area contributed by atoms with Crippen LogP contribution in [-0.4, -0.2) is 13.6 Å². The molecule has 108 valence electrons. The van der Waals surface area contributed by atoms with Crippen molar-refractivity contribution in [2.45, 2.75) is 20.4 Å². The summed E-state index contributed by atoms with van der Waals surface area (Å²) in [6.07, 6.45) is 0. The third-order valence-electron chi connectivity index (χ3n) is 3.52. The first-order valence-electron chi connectivity index (χ1n) is 7.04. The Hall–Kier alpha value is -1.12. The first-order chi connectivity index (χ1) is 9.10. The van der Waals surface area contributed by atoms with Gasteiger partial charge in [-0.2, -0.15) is 0 Å². The lowest BCUT2D eigenvalue weighted by molar-refractivity contribution is -0.00000438. The molecule has 0 bridgehead atoms. The van der Waals surface area contributed by atoms with Gasteiger partial charge in [-0.05, 0) is 12.1 Å². The monoisotopic (exact) mass is 333 g/mol. The van der Waals surface area contributed by atoms with Crippen LogP contribution in [0.25, 0.3) is 0 Å². The molecule has 1 nitrogen and oxygen atoms in total. The van der Waals surface area contributed by atoms with Gasteiger partial charge < -0.3 is 17.0 Å². The van der Waals surface area contributed by atoms with Crippen LogP contribution in [0, 0.1) is 5.92 Å². The van der Waals surface area contributed by atoms with E-state index in [4.69, 9.17) is 0 Å². The number of nitrogens with zero attached hydrogens (tertiary/aromatic N) is 1. The minimum Gasteiger partial charge on any atom is -1.00 e. The molecule has 0 aliphatic heterocycles. The van der Waals surface area contributed by atoms with Crippen molar-refractivity contribution in [3.8, 4) is 0 Å². The Labute approximate surface area is 133 Å². The summed E-state index contributed by atoms with van der Waals surface area (Å²) in [7, 11) is 2.34. The molecule has 2 heteroatoms. The van der Waals surface area contributed by atoms with E-state index in [1.165, 1.54) is 11.3 Å². The molecule has 0 aromatic heterocycles. The summed E-state index contributed by atoms with van der Waals surface area (Å²) in [6.45, 7) is 6.79. The van der Waals surface area contributed by atoms with Crippen molar-refractivity contribution in [1.82, 2.24) is 4.48 Å². The molecule has 2 aromatic rings. The van der Waals surface area contributed by atoms with Crippen LogP contribution < -0.4 is 21.5 Å². The number of para-hydroxylation sites is 1. The summed E-state index contributed by atoms with van der Waals surface area (Å²) in [4.78, 5) is 0. The van der Waals surface area contributed by atoms with Gasteiger partial charge in [0, 0.05) is 11.5 Å². The van der Waals surface area contributed by atoms with Crippen LogP contribution in [0.5, 0.6) is 0 Å². The zero-order valence-electron chi connectivity index (χ0n) is 12.6. The first-order valence-corrected chi connectivity index (χ1v) is 7.04. The molecule has 0 radical (unpaired) electrons. The van der Waals surface area contributed by atoms with Gasteiger partial charge >= 0.3 is 0 Å². The smallest absolute Gasteiger partial charge is 0.132 e. The average Bonchev–Trinajstić information content (AvgIpc) is 2.40. The summed E-state index contributed by atoms with van der Waals surface area (Å²) in [6, 6.07) is 21.6. The highest BCUT2D eigenvalue weighted by Gasteiger charge is 2.26. The Bertz CT molecular complexity index is 495. The number of halogens is 1. The van der Waals surface area contributed by atoms with Crippen molar-refractivity contribution in [1.29, 1.82) is 0 Å². The van der Waals surface area contributed by atoms with Gasteiger partial charge in [0.05, 0.1) is 13.6 Å². The van der Waals surface area contributed by atoms with Crippen molar-refractivity contribution in [2.75, 3.05) is 13.6 Å². The van der Waals surface area contributed by atoms with Crippen molar-refractivity contribution in [3.63, 3.8) is 0 Å². The van der Waals surface area contributed by atoms with E-state index in [0.29, 0.717) is 5.92 Å². The summed E-state index contributed by atoms with van der Waals surface area (Å²) < 4.78 is 0.961. The summed E-state index contributed by atoms with van der Waals surface area (Å²) in [5.41, 5.74) is 2.79. The molecule has 0 fully saturated rings. The van der Waals surface area contributed by atoms with Gasteiger partial charge in [0.1, 0.15) is 12.2 Å². The molecular formula is C18H24BrN. The number of hydrogen-bond acceptors (Lipinski definition) is 0. The summed E-state index contributed by atoms with van der Waals surface area (Å²) in [5.74, 6) is 0.675. The molecule has 2 rings (SSSR count). The third-order valence-corrected chi connectivity index (χ3v) is 3.52. The molecule has 0 spiro atoms. The van der Waals surface area contributed by atoms with E-state index in [1.54, 1.807) is 0 Å². The van der Waals surface area contributed by atoms with E-state index in [0.717, 1.165) is 17.6 Å². The average molecular weight is 334 g/mol. The fourth-order valence-corrected chi connectivity index (χ4v) is 2.84. The minimum absolute atomic E-state index is 0. The Morgan fingerprint density at radius 1 is 0.850 bits per heavy atom. The predicted octanol–water partition coefficient (Wildman–Crippen LogP) is 1.48. The number of benzene rings is 2. The van der Waals surface area contributed by atoms with Crippen molar-refractivity contribution in [2.24, 2.45) is 5.92 Å². The maximum absolute atomic E-state index is 2.34. The van der Waals surface area contributed by atoms with Gasteiger partial charge in [-0.25, -0.2) is 0 Å². The fourth-order valence-electron chi connectivity index (χ4n) is 2.84. The highest BCUT2D eigenvalue weighted by Crippen LogP contribution is 2.25. The van der Waals surface area contributed by atoms with E-state index in [9.17, 15) is 0 Å². The largest absolute Gasteiger partial charge is 1.00 e. The minimum atomic E-state index is 0. The zero-order chi connectivity index (χ0) is 13.7. The Morgan fingerprint density at radius 3 is 1.85 bits per heavy atom. The highest BCUT2D eigenvalue weighted by atomic mass is 79.9. The molecule has 20 heavy (non-hydrogen) atoms. The van der Waals surface area contributed by atoms with Gasteiger partial charge in [-0.3, -0.25) is 4.48 Å². The van der Waals surface area contributed by atoms with Crippen molar-refractivity contribution < 1.29 is 17.0 Å². The first kappa shape index (κ1) is 16.9. The molecule has 0 unspecified atom stereocenters. The molecule has 0 amide bonds. The molecule has 0 saturated heterocycles. The normalized spacial score (nSPS) is 13.6. The molecule has 2 aromatic carbocycles. The van der Waals surface area contributed by atoms with Crippen LogP contribution in [0.2, 0.25) is 0 Å². The fraction of sp³-hybridized carbons (Fsp3) is 0.333. The topological polar surface area (TPSA) is 0 Å². The van der Waals surface area contributed by atoms with E-state index >= 15 is 0 Å². The molecule has 0 aliphatic carbocycles. The van der Waals surface area contributed by atoms with Crippen LogP contribution in [0.3, 0.4) is 0 Å². The second-order valence-electron chi connectivity index (χ2n) is 5.95. The third kappa shape index (κ3) is 4.46. The second-order valence-corrected chi connectivity index (χ2v) is 5.95. The van der Waals surface area contributed by atoms with Gasteiger partial charge in [0.25, 0.3) is 0 Å². The standard InChI is InChI=1S/C18H24N.BrH/c1-16(2)14-19(3,18-12-8-5-9-13-18)15-17-10-6-4-7-11-17;/h4-13,16H,14-15H2,1-3H3;1H/q+1;/p-1/t19-;/m0./s1. The lowest BCUT2D eigenvalue weighted by Gasteiger charge is -2.35. The van der Waals surface area contributed by atoms with Gasteiger partial charge in [0.15, 0.2) is 0 Å². The van der Waals surface area contributed by atoms with Gasteiger partial charge in [-0.15, -0.1) is 0 Å². The van der Waals surface area contributed by atoms with Gasteiger partial charge in [-0.1, -0.05) is 62.4 Å². The quantitative estimate of drug-likeness (QED) is 0.727. The Morgan fingerprint density at radius 2 is 1.35 bits per heavy atom. The lowest BCUT2D eigenvalue weighted by atomic mass is 10.1. The Balaban J connectivity index is 0.00000200. The van der Waals surface area contributed by atoms with E-state index < -0.39 is 0 Å². The number of quaternary nitrogens is 1. The SMILES string of the molecule is CC(C)C[N@@+](C)(Cc1ccccc1)c1ccccc1.[Br-].